The largest absolute Gasteiger partial charge is 0.435 e. The van der Waals surface area contributed by atoms with Crippen molar-refractivity contribution >= 4 is 11.8 Å². The lowest BCUT2D eigenvalue weighted by Crippen LogP contribution is -2.01. The molecule has 118 valence electrons. The van der Waals surface area contributed by atoms with Gasteiger partial charge in [0.05, 0.1) is 6.20 Å². The van der Waals surface area contributed by atoms with Gasteiger partial charge in [-0.15, -0.1) is 5.10 Å². The van der Waals surface area contributed by atoms with Crippen LogP contribution < -0.4 is 4.74 Å². The number of halogens is 2. The van der Waals surface area contributed by atoms with Gasteiger partial charge < -0.3 is 4.74 Å². The molecule has 0 fully saturated rings. The number of hydrogen-bond acceptors (Lipinski definition) is 4. The summed E-state index contributed by atoms with van der Waals surface area (Å²) in [4.78, 5) is 0. The van der Waals surface area contributed by atoms with Crippen molar-refractivity contribution in [3.63, 3.8) is 0 Å². The summed E-state index contributed by atoms with van der Waals surface area (Å²) in [6.07, 6.45) is 1.68. The number of hydrogen-bond donors (Lipinski definition) is 1. The standard InChI is InChI=1S/C16H13F2N3OS/c17-16(18)22-14-7-5-13(6-8-14)12-3-1-11(2-4-12)10-23-15-9-19-21-20-15/h1-9,16H,10H2,(H,19,20,21). The Hall–Kier alpha value is -2.41. The summed E-state index contributed by atoms with van der Waals surface area (Å²) >= 11 is 1.60. The molecule has 3 aromatic rings. The predicted octanol–water partition coefficient (Wildman–Crippen LogP) is 4.37. The van der Waals surface area contributed by atoms with E-state index in [2.05, 4.69) is 20.1 Å². The highest BCUT2D eigenvalue weighted by Gasteiger charge is 2.05. The summed E-state index contributed by atoms with van der Waals surface area (Å²) in [5.41, 5.74) is 3.13. The Labute approximate surface area is 135 Å². The average molecular weight is 333 g/mol. The van der Waals surface area contributed by atoms with Crippen LogP contribution in [-0.4, -0.2) is 22.0 Å². The van der Waals surface area contributed by atoms with E-state index < -0.39 is 6.61 Å². The number of benzene rings is 2. The summed E-state index contributed by atoms with van der Waals surface area (Å²) in [5.74, 6) is 0.956. The first-order valence-electron chi connectivity index (χ1n) is 6.83. The maximum atomic E-state index is 12.1. The summed E-state index contributed by atoms with van der Waals surface area (Å²) < 4.78 is 28.6. The summed E-state index contributed by atoms with van der Waals surface area (Å²) in [6.45, 7) is -2.80. The molecular formula is C16H13F2N3OS. The second-order valence-corrected chi connectivity index (χ2v) is 5.69. The maximum Gasteiger partial charge on any atom is 0.387 e. The molecule has 0 aliphatic rings. The molecule has 1 aromatic heterocycles. The number of H-pyrrole nitrogens is 1. The number of aromatic nitrogens is 3. The van der Waals surface area contributed by atoms with Crippen molar-refractivity contribution in [2.45, 2.75) is 17.4 Å². The van der Waals surface area contributed by atoms with E-state index in [1.807, 2.05) is 24.3 Å². The van der Waals surface area contributed by atoms with E-state index in [1.165, 1.54) is 17.7 Å². The van der Waals surface area contributed by atoms with Gasteiger partial charge in [-0.1, -0.05) is 48.2 Å². The Bertz CT molecular complexity index is 731. The smallest absolute Gasteiger partial charge is 0.387 e. The van der Waals surface area contributed by atoms with Gasteiger partial charge in [-0.05, 0) is 28.8 Å². The zero-order chi connectivity index (χ0) is 16.1. The molecular weight excluding hydrogens is 320 g/mol. The minimum atomic E-state index is -2.80. The van der Waals surface area contributed by atoms with Crippen molar-refractivity contribution in [3.05, 3.63) is 60.3 Å². The summed E-state index contributed by atoms with van der Waals surface area (Å²) in [6, 6.07) is 14.7. The fraction of sp³-hybridized carbons (Fsp3) is 0.125. The van der Waals surface area contributed by atoms with Crippen LogP contribution in [0.15, 0.2) is 59.8 Å². The Balaban J connectivity index is 1.64. The molecule has 0 bridgehead atoms. The van der Waals surface area contributed by atoms with E-state index >= 15 is 0 Å². The number of rotatable bonds is 6. The monoisotopic (exact) mass is 333 g/mol. The molecule has 3 rings (SSSR count). The van der Waals surface area contributed by atoms with Gasteiger partial charge in [-0.2, -0.15) is 19.1 Å². The summed E-state index contributed by atoms with van der Waals surface area (Å²) in [5, 5.41) is 11.2. The van der Waals surface area contributed by atoms with Gasteiger partial charge in [-0.3, -0.25) is 0 Å². The maximum absolute atomic E-state index is 12.1. The molecule has 1 N–H and O–H groups in total. The van der Waals surface area contributed by atoms with E-state index in [4.69, 9.17) is 0 Å². The number of nitrogens with one attached hydrogen (secondary N) is 1. The molecule has 4 nitrogen and oxygen atoms in total. The van der Waals surface area contributed by atoms with Gasteiger partial charge >= 0.3 is 6.61 Å². The van der Waals surface area contributed by atoms with Gasteiger partial charge in [0.15, 0.2) is 0 Å². The van der Waals surface area contributed by atoms with Crippen LogP contribution in [-0.2, 0) is 5.75 Å². The number of thioether (sulfide) groups is 1. The fourth-order valence-electron chi connectivity index (χ4n) is 2.04. The highest BCUT2D eigenvalue weighted by molar-refractivity contribution is 7.98. The zero-order valence-electron chi connectivity index (χ0n) is 11.9. The van der Waals surface area contributed by atoms with Crippen molar-refractivity contribution in [1.82, 2.24) is 15.4 Å². The molecule has 0 amide bonds. The first-order valence-corrected chi connectivity index (χ1v) is 7.82. The first kappa shape index (κ1) is 15.5. The van der Waals surface area contributed by atoms with Crippen LogP contribution in [0.2, 0.25) is 0 Å². The van der Waals surface area contributed by atoms with Crippen molar-refractivity contribution in [1.29, 1.82) is 0 Å². The van der Waals surface area contributed by atoms with Crippen LogP contribution >= 0.6 is 11.8 Å². The van der Waals surface area contributed by atoms with E-state index in [0.717, 1.165) is 21.9 Å². The van der Waals surface area contributed by atoms with Crippen LogP contribution in [0.1, 0.15) is 5.56 Å². The SMILES string of the molecule is FC(F)Oc1ccc(-c2ccc(CSc3cn[nH]n3)cc2)cc1. The Morgan fingerprint density at radius 2 is 1.65 bits per heavy atom. The molecule has 0 aliphatic carbocycles. The van der Waals surface area contributed by atoms with Crippen LogP contribution in [0, 0.1) is 0 Å². The molecule has 0 saturated carbocycles. The number of alkyl halides is 2. The third-order valence-corrected chi connectivity index (χ3v) is 4.12. The number of nitrogens with zero attached hydrogens (tertiary/aromatic N) is 2. The zero-order valence-corrected chi connectivity index (χ0v) is 12.8. The minimum Gasteiger partial charge on any atom is -0.435 e. The molecule has 2 aromatic carbocycles. The van der Waals surface area contributed by atoms with Crippen LogP contribution in [0.3, 0.4) is 0 Å². The van der Waals surface area contributed by atoms with Crippen molar-refractivity contribution in [2.24, 2.45) is 0 Å². The quantitative estimate of drug-likeness (QED) is 0.681. The van der Waals surface area contributed by atoms with Gasteiger partial charge in [0.2, 0.25) is 0 Å². The van der Waals surface area contributed by atoms with Gasteiger partial charge in [-0.25, -0.2) is 0 Å². The lowest BCUT2D eigenvalue weighted by molar-refractivity contribution is -0.0498. The second-order valence-electron chi connectivity index (χ2n) is 4.70. The molecule has 23 heavy (non-hydrogen) atoms. The van der Waals surface area contributed by atoms with Crippen LogP contribution in [0.25, 0.3) is 11.1 Å². The number of aromatic amines is 1. The molecule has 7 heteroatoms. The molecule has 0 unspecified atom stereocenters. The Kier molecular flexibility index (Phi) is 4.87. The fourth-order valence-corrected chi connectivity index (χ4v) is 2.78. The molecule has 1 heterocycles. The third kappa shape index (κ3) is 4.29. The van der Waals surface area contributed by atoms with Crippen molar-refractivity contribution < 1.29 is 13.5 Å². The summed E-state index contributed by atoms with van der Waals surface area (Å²) in [7, 11) is 0. The molecule has 0 aliphatic heterocycles. The highest BCUT2D eigenvalue weighted by Crippen LogP contribution is 2.25. The Morgan fingerprint density at radius 1 is 1.00 bits per heavy atom. The first-order chi connectivity index (χ1) is 11.2. The molecule has 0 radical (unpaired) electrons. The topological polar surface area (TPSA) is 50.8 Å². The normalized spacial score (nSPS) is 10.9. The van der Waals surface area contributed by atoms with E-state index in [9.17, 15) is 8.78 Å². The highest BCUT2D eigenvalue weighted by atomic mass is 32.2. The van der Waals surface area contributed by atoms with Gasteiger partial charge in [0.25, 0.3) is 0 Å². The van der Waals surface area contributed by atoms with Crippen LogP contribution in [0.5, 0.6) is 5.75 Å². The number of ether oxygens (including phenoxy) is 1. The van der Waals surface area contributed by atoms with Crippen LogP contribution in [0.4, 0.5) is 8.78 Å². The van der Waals surface area contributed by atoms with E-state index in [0.29, 0.717) is 0 Å². The lowest BCUT2D eigenvalue weighted by Gasteiger charge is -2.07. The molecule has 0 atom stereocenters. The third-order valence-electron chi connectivity index (χ3n) is 3.15. The van der Waals surface area contributed by atoms with E-state index in [1.54, 1.807) is 30.1 Å². The lowest BCUT2D eigenvalue weighted by atomic mass is 10.0. The molecule has 0 saturated heterocycles. The van der Waals surface area contributed by atoms with E-state index in [-0.39, 0.29) is 5.75 Å². The van der Waals surface area contributed by atoms with Crippen molar-refractivity contribution in [3.8, 4) is 16.9 Å². The second kappa shape index (κ2) is 7.23. The van der Waals surface area contributed by atoms with Gasteiger partial charge in [0.1, 0.15) is 10.8 Å². The minimum absolute atomic E-state index is 0.157. The predicted molar refractivity (Wildman–Crippen MR) is 84.5 cm³/mol. The van der Waals surface area contributed by atoms with Crippen molar-refractivity contribution in [2.75, 3.05) is 0 Å². The molecule has 0 spiro atoms. The van der Waals surface area contributed by atoms with Gasteiger partial charge in [0, 0.05) is 5.75 Å². The average Bonchev–Trinajstić information content (AvgIpc) is 3.07. The Morgan fingerprint density at radius 3 is 2.22 bits per heavy atom.